The van der Waals surface area contributed by atoms with Gasteiger partial charge in [-0.1, -0.05) is 52.6 Å². The van der Waals surface area contributed by atoms with Crippen molar-refractivity contribution in [3.8, 4) is 0 Å². The Bertz CT molecular complexity index is 489. The molecule has 0 aromatic heterocycles. The van der Waals surface area contributed by atoms with E-state index >= 15 is 0 Å². The fourth-order valence-electron chi connectivity index (χ4n) is 2.60. The largest absolute Gasteiger partial charge is 0.416 e. The Hall–Kier alpha value is 0.937. The molecule has 1 aliphatic rings. The van der Waals surface area contributed by atoms with Crippen LogP contribution in [0.1, 0.15) is 34.6 Å². The summed E-state index contributed by atoms with van der Waals surface area (Å²) in [6.07, 6.45) is -1.89. The van der Waals surface area contributed by atoms with Gasteiger partial charge in [0.05, 0.1) is 10.9 Å². The third-order valence-electron chi connectivity index (χ3n) is 5.95. The van der Waals surface area contributed by atoms with Crippen LogP contribution in [-0.4, -0.2) is 74.3 Å². The summed E-state index contributed by atoms with van der Waals surface area (Å²) in [5.74, 6) is -2.31. The number of halogens is 2. The van der Waals surface area contributed by atoms with Crippen molar-refractivity contribution in [2.45, 2.75) is 87.5 Å². The number of hydrogen-bond donors (Lipinski definition) is 1. The zero-order valence-corrected chi connectivity index (χ0v) is 22.1. The molecule has 9 heteroatoms. The standard InChI is InChI=1S/C18H36Br2O6Si/c1-16(2,3)27(8,9)24-11-12(20)14-15(13(21)10-19)26-18(5,23-7)17(4,22-6)25-14/h12-15,21H,10-11H2,1-9H3/t12-,13-,14+,15+,17-,18-/m0/s1. The molecule has 1 N–H and O–H groups in total. The van der Waals surface area contributed by atoms with E-state index in [1.54, 1.807) is 21.0 Å². The summed E-state index contributed by atoms with van der Waals surface area (Å²) in [6.45, 7) is 15.0. The van der Waals surface area contributed by atoms with Gasteiger partial charge in [-0.2, -0.15) is 0 Å². The normalized spacial score (nSPS) is 35.1. The van der Waals surface area contributed by atoms with Crippen LogP contribution in [0.15, 0.2) is 0 Å². The summed E-state index contributed by atoms with van der Waals surface area (Å²) in [6, 6.07) is 0. The maximum atomic E-state index is 10.5. The fourth-order valence-corrected chi connectivity index (χ4v) is 4.78. The lowest BCUT2D eigenvalue weighted by Crippen LogP contribution is -2.69. The highest BCUT2D eigenvalue weighted by atomic mass is 79.9. The molecule has 0 aliphatic carbocycles. The van der Waals surface area contributed by atoms with Crippen LogP contribution >= 0.6 is 31.9 Å². The highest BCUT2D eigenvalue weighted by Gasteiger charge is 2.59. The van der Waals surface area contributed by atoms with Gasteiger partial charge in [0.25, 0.3) is 0 Å². The van der Waals surface area contributed by atoms with Gasteiger partial charge in [-0.3, -0.25) is 0 Å². The summed E-state index contributed by atoms with van der Waals surface area (Å²) in [5, 5.41) is 11.0. The summed E-state index contributed by atoms with van der Waals surface area (Å²) < 4.78 is 30.0. The van der Waals surface area contributed by atoms with Crippen LogP contribution in [0, 0.1) is 0 Å². The molecule has 0 radical (unpaired) electrons. The van der Waals surface area contributed by atoms with E-state index in [2.05, 4.69) is 65.7 Å². The van der Waals surface area contributed by atoms with E-state index in [0.717, 1.165) is 0 Å². The Morgan fingerprint density at radius 3 is 1.89 bits per heavy atom. The molecule has 162 valence electrons. The molecule has 1 heterocycles. The highest BCUT2D eigenvalue weighted by Crippen LogP contribution is 2.43. The van der Waals surface area contributed by atoms with Crippen LogP contribution in [0.2, 0.25) is 18.1 Å². The van der Waals surface area contributed by atoms with Crippen LogP contribution in [0.25, 0.3) is 0 Å². The van der Waals surface area contributed by atoms with Crippen LogP contribution in [-0.2, 0) is 23.4 Å². The Labute approximate surface area is 182 Å². The molecule has 0 spiro atoms. The number of rotatable bonds is 8. The van der Waals surface area contributed by atoms with Gasteiger partial charge >= 0.3 is 0 Å². The zero-order chi connectivity index (χ0) is 21.3. The first-order valence-corrected chi connectivity index (χ1v) is 14.1. The molecule has 0 bridgehead atoms. The van der Waals surface area contributed by atoms with Crippen molar-refractivity contribution in [3.63, 3.8) is 0 Å². The van der Waals surface area contributed by atoms with Gasteiger partial charge in [-0.15, -0.1) is 0 Å². The molecule has 1 fully saturated rings. The maximum absolute atomic E-state index is 10.5. The van der Waals surface area contributed by atoms with Crippen molar-refractivity contribution in [2.24, 2.45) is 0 Å². The zero-order valence-electron chi connectivity index (χ0n) is 18.0. The smallest absolute Gasteiger partial charge is 0.220 e. The molecule has 0 aromatic rings. The number of alkyl halides is 2. The molecule has 1 rings (SSSR count). The second-order valence-electron chi connectivity index (χ2n) is 8.77. The molecule has 0 unspecified atom stereocenters. The van der Waals surface area contributed by atoms with E-state index < -0.39 is 38.2 Å². The van der Waals surface area contributed by atoms with E-state index in [4.69, 9.17) is 23.4 Å². The van der Waals surface area contributed by atoms with E-state index in [-0.39, 0.29) is 9.87 Å². The van der Waals surface area contributed by atoms with Gasteiger partial charge in [0.1, 0.15) is 12.2 Å². The average Bonchev–Trinajstić information content (AvgIpc) is 2.59. The molecule has 1 saturated heterocycles. The fraction of sp³-hybridized carbons (Fsp3) is 1.00. The van der Waals surface area contributed by atoms with E-state index in [0.29, 0.717) is 11.9 Å². The summed E-state index contributed by atoms with van der Waals surface area (Å²) >= 11 is 7.04. The molecule has 0 aromatic carbocycles. The SMILES string of the molecule is CO[C@@]1(C)O[C@H]([C@@H](O)CBr)[C@@H]([C@@H](Br)CO[Si](C)(C)C(C)(C)C)O[C@]1(C)OC. The van der Waals surface area contributed by atoms with Crippen LogP contribution in [0.3, 0.4) is 0 Å². The van der Waals surface area contributed by atoms with Crippen molar-refractivity contribution in [3.05, 3.63) is 0 Å². The first-order valence-electron chi connectivity index (χ1n) is 9.16. The molecule has 6 nitrogen and oxygen atoms in total. The molecule has 6 atom stereocenters. The number of ether oxygens (including phenoxy) is 4. The van der Waals surface area contributed by atoms with Gasteiger partial charge < -0.3 is 28.5 Å². The van der Waals surface area contributed by atoms with E-state index in [1.807, 2.05) is 0 Å². The van der Waals surface area contributed by atoms with E-state index in [1.165, 1.54) is 7.11 Å². The minimum absolute atomic E-state index is 0.105. The Kier molecular flexibility index (Phi) is 9.03. The highest BCUT2D eigenvalue weighted by molar-refractivity contribution is 9.09. The van der Waals surface area contributed by atoms with Crippen molar-refractivity contribution >= 4 is 40.2 Å². The Morgan fingerprint density at radius 2 is 1.52 bits per heavy atom. The summed E-state index contributed by atoms with van der Waals surface area (Å²) in [5.41, 5.74) is 0. The van der Waals surface area contributed by atoms with E-state index in [9.17, 15) is 5.11 Å². The topological polar surface area (TPSA) is 66.4 Å². The Balaban J connectivity index is 3.06. The predicted octanol–water partition coefficient (Wildman–Crippen LogP) is 4.04. The molecular formula is C18H36Br2O6Si. The first-order chi connectivity index (χ1) is 12.2. The van der Waals surface area contributed by atoms with Crippen molar-refractivity contribution < 1.29 is 28.5 Å². The third kappa shape index (κ3) is 5.55. The van der Waals surface area contributed by atoms with Crippen molar-refractivity contribution in [1.29, 1.82) is 0 Å². The molecule has 0 amide bonds. The van der Waals surface area contributed by atoms with Crippen molar-refractivity contribution in [2.75, 3.05) is 26.2 Å². The quantitative estimate of drug-likeness (QED) is 0.374. The van der Waals surface area contributed by atoms with Crippen LogP contribution < -0.4 is 0 Å². The lowest BCUT2D eigenvalue weighted by atomic mass is 9.99. The van der Waals surface area contributed by atoms with Gasteiger partial charge in [0, 0.05) is 26.2 Å². The van der Waals surface area contributed by atoms with Gasteiger partial charge in [-0.25, -0.2) is 0 Å². The maximum Gasteiger partial charge on any atom is 0.220 e. The van der Waals surface area contributed by atoms with Gasteiger partial charge in [0.15, 0.2) is 8.32 Å². The lowest BCUT2D eigenvalue weighted by Gasteiger charge is -2.53. The lowest BCUT2D eigenvalue weighted by molar-refractivity contribution is -0.452. The van der Waals surface area contributed by atoms with Gasteiger partial charge in [0.2, 0.25) is 11.6 Å². The molecule has 0 saturated carbocycles. The van der Waals surface area contributed by atoms with Gasteiger partial charge in [-0.05, 0) is 32.0 Å². The van der Waals surface area contributed by atoms with Crippen molar-refractivity contribution in [1.82, 2.24) is 0 Å². The minimum Gasteiger partial charge on any atom is -0.416 e. The third-order valence-corrected chi connectivity index (χ3v) is 11.9. The molecule has 1 aliphatic heterocycles. The summed E-state index contributed by atoms with van der Waals surface area (Å²) in [7, 11) is 1.16. The second kappa shape index (κ2) is 9.39. The molecular weight excluding hydrogens is 500 g/mol. The van der Waals surface area contributed by atoms with Crippen LogP contribution in [0.4, 0.5) is 0 Å². The molecule has 27 heavy (non-hydrogen) atoms. The first kappa shape index (κ1) is 26.0. The monoisotopic (exact) mass is 534 g/mol. The number of methoxy groups -OCH3 is 2. The number of aliphatic hydroxyl groups is 1. The summed E-state index contributed by atoms with van der Waals surface area (Å²) in [4.78, 5) is -0.193. The average molecular weight is 536 g/mol. The number of hydrogen-bond acceptors (Lipinski definition) is 6. The second-order valence-corrected chi connectivity index (χ2v) is 15.4. The Morgan fingerprint density at radius 1 is 1.07 bits per heavy atom. The predicted molar refractivity (Wildman–Crippen MR) is 116 cm³/mol. The number of aliphatic hydroxyl groups excluding tert-OH is 1. The van der Waals surface area contributed by atoms with Crippen LogP contribution in [0.5, 0.6) is 0 Å². The minimum atomic E-state index is -1.92.